The van der Waals surface area contributed by atoms with Crippen molar-refractivity contribution in [2.24, 2.45) is 5.10 Å². The third-order valence-electron chi connectivity index (χ3n) is 4.05. The summed E-state index contributed by atoms with van der Waals surface area (Å²) in [6.07, 6.45) is -2.12. The van der Waals surface area contributed by atoms with Crippen molar-refractivity contribution >= 4 is 51.2 Å². The molecule has 1 heterocycles. The van der Waals surface area contributed by atoms with Crippen LogP contribution in [0.3, 0.4) is 0 Å². The minimum absolute atomic E-state index is 0.0768. The zero-order valence-electron chi connectivity index (χ0n) is 16.0. The van der Waals surface area contributed by atoms with Gasteiger partial charge >= 0.3 is 6.18 Å². The van der Waals surface area contributed by atoms with Crippen molar-refractivity contribution in [3.63, 3.8) is 0 Å². The van der Waals surface area contributed by atoms with E-state index in [1.165, 1.54) is 30.5 Å². The zero-order chi connectivity index (χ0) is 23.3. The maximum atomic E-state index is 13.0. The Hall–Kier alpha value is -3.24. The van der Waals surface area contributed by atoms with Crippen molar-refractivity contribution in [1.29, 1.82) is 0 Å². The van der Waals surface area contributed by atoms with E-state index in [2.05, 4.69) is 36.8 Å². The summed E-state index contributed by atoms with van der Waals surface area (Å²) >= 11 is 8.84. The van der Waals surface area contributed by atoms with E-state index >= 15 is 0 Å². The van der Waals surface area contributed by atoms with Crippen molar-refractivity contribution in [3.05, 3.63) is 92.7 Å². The number of nitrogens with zero attached hydrogens (tertiary/aromatic N) is 2. The van der Waals surface area contributed by atoms with E-state index in [-0.39, 0.29) is 22.5 Å². The SMILES string of the molecule is O=C(Nc1ccc(Br)cc1C(=O)N/N=C/c1ccc(Cl)c(C(F)(F)F)c1)c1ccccn1. The molecule has 3 aromatic rings. The molecule has 3 rings (SSSR count). The van der Waals surface area contributed by atoms with Crippen LogP contribution in [0.1, 0.15) is 32.0 Å². The van der Waals surface area contributed by atoms with Gasteiger partial charge in [0.2, 0.25) is 0 Å². The second-order valence-electron chi connectivity index (χ2n) is 6.30. The third kappa shape index (κ3) is 5.92. The summed E-state index contributed by atoms with van der Waals surface area (Å²) in [6.45, 7) is 0. The molecule has 164 valence electrons. The molecular formula is C21H13BrClF3N4O2. The van der Waals surface area contributed by atoms with Gasteiger partial charge in [-0.3, -0.25) is 14.6 Å². The Balaban J connectivity index is 1.77. The normalized spacial score (nSPS) is 11.4. The lowest BCUT2D eigenvalue weighted by atomic mass is 10.1. The molecule has 2 aromatic carbocycles. The fourth-order valence-corrected chi connectivity index (χ4v) is 3.15. The van der Waals surface area contributed by atoms with Gasteiger partial charge in [-0.1, -0.05) is 39.7 Å². The van der Waals surface area contributed by atoms with Gasteiger partial charge in [0.15, 0.2) is 0 Å². The highest BCUT2D eigenvalue weighted by Gasteiger charge is 2.33. The van der Waals surface area contributed by atoms with Crippen LogP contribution in [0.4, 0.5) is 18.9 Å². The molecule has 2 amide bonds. The van der Waals surface area contributed by atoms with E-state index in [9.17, 15) is 22.8 Å². The molecule has 2 N–H and O–H groups in total. The molecule has 32 heavy (non-hydrogen) atoms. The molecule has 6 nitrogen and oxygen atoms in total. The number of anilines is 1. The quantitative estimate of drug-likeness (QED) is 0.339. The van der Waals surface area contributed by atoms with Crippen molar-refractivity contribution in [3.8, 4) is 0 Å². The summed E-state index contributed by atoms with van der Waals surface area (Å²) in [5.41, 5.74) is 1.73. The largest absolute Gasteiger partial charge is 0.417 e. The number of hydrogen-bond acceptors (Lipinski definition) is 4. The predicted octanol–water partition coefficient (Wildman–Crippen LogP) is 5.53. The highest BCUT2D eigenvalue weighted by molar-refractivity contribution is 9.10. The fourth-order valence-electron chi connectivity index (χ4n) is 2.56. The Kier molecular flexibility index (Phi) is 7.26. The highest BCUT2D eigenvalue weighted by atomic mass is 79.9. The maximum absolute atomic E-state index is 13.0. The molecule has 0 fully saturated rings. The first-order chi connectivity index (χ1) is 15.1. The molecule has 0 atom stereocenters. The monoisotopic (exact) mass is 524 g/mol. The lowest BCUT2D eigenvalue weighted by Crippen LogP contribution is -2.21. The molecule has 0 saturated carbocycles. The van der Waals surface area contributed by atoms with Crippen LogP contribution in [-0.4, -0.2) is 23.0 Å². The minimum Gasteiger partial charge on any atom is -0.320 e. The van der Waals surface area contributed by atoms with Crippen molar-refractivity contribution in [1.82, 2.24) is 10.4 Å². The van der Waals surface area contributed by atoms with Crippen LogP contribution in [0.15, 0.2) is 70.4 Å². The lowest BCUT2D eigenvalue weighted by Gasteiger charge is -2.11. The standard InChI is InChI=1S/C21H13BrClF3N4O2/c22-13-5-7-17(29-20(32)18-3-1-2-8-27-18)14(10-13)19(31)30-28-11-12-4-6-16(23)15(9-12)21(24,25)26/h1-11H,(H,29,32)(H,30,31)/b28-11+. The highest BCUT2D eigenvalue weighted by Crippen LogP contribution is 2.34. The summed E-state index contributed by atoms with van der Waals surface area (Å²) in [5.74, 6) is -1.21. The second-order valence-corrected chi connectivity index (χ2v) is 7.62. The molecule has 0 saturated heterocycles. The summed E-state index contributed by atoms with van der Waals surface area (Å²) < 4.78 is 39.5. The van der Waals surface area contributed by atoms with E-state index in [4.69, 9.17) is 11.6 Å². The molecule has 0 aliphatic heterocycles. The maximum Gasteiger partial charge on any atom is 0.417 e. The Morgan fingerprint density at radius 2 is 1.84 bits per heavy atom. The predicted molar refractivity (Wildman–Crippen MR) is 118 cm³/mol. The summed E-state index contributed by atoms with van der Waals surface area (Å²) in [6, 6.07) is 12.6. The van der Waals surface area contributed by atoms with Gasteiger partial charge in [-0.15, -0.1) is 0 Å². The number of carbonyl (C=O) groups excluding carboxylic acids is 2. The molecule has 0 aliphatic rings. The van der Waals surface area contributed by atoms with E-state index < -0.39 is 28.6 Å². The van der Waals surface area contributed by atoms with E-state index in [0.717, 1.165) is 18.3 Å². The third-order valence-corrected chi connectivity index (χ3v) is 4.87. The molecule has 0 aliphatic carbocycles. The number of nitrogens with one attached hydrogen (secondary N) is 2. The van der Waals surface area contributed by atoms with Crippen LogP contribution in [0, 0.1) is 0 Å². The second kappa shape index (κ2) is 9.92. The van der Waals surface area contributed by atoms with Crippen molar-refractivity contribution in [2.45, 2.75) is 6.18 Å². The van der Waals surface area contributed by atoms with Gasteiger partial charge in [0.25, 0.3) is 11.8 Å². The van der Waals surface area contributed by atoms with Gasteiger partial charge in [-0.2, -0.15) is 18.3 Å². The minimum atomic E-state index is -4.62. The first kappa shape index (κ1) is 23.4. The Morgan fingerprint density at radius 3 is 2.53 bits per heavy atom. The van der Waals surface area contributed by atoms with Crippen LogP contribution in [-0.2, 0) is 6.18 Å². The number of aromatic nitrogens is 1. The topological polar surface area (TPSA) is 83.5 Å². The van der Waals surface area contributed by atoms with E-state index in [1.54, 1.807) is 18.2 Å². The Morgan fingerprint density at radius 1 is 1.06 bits per heavy atom. The van der Waals surface area contributed by atoms with Gasteiger partial charge in [-0.05, 0) is 48.0 Å². The summed E-state index contributed by atoms with van der Waals surface area (Å²) in [7, 11) is 0. The number of benzene rings is 2. The number of carbonyl (C=O) groups is 2. The molecule has 0 bridgehead atoms. The van der Waals surface area contributed by atoms with Crippen molar-refractivity contribution in [2.75, 3.05) is 5.32 Å². The average Bonchev–Trinajstić information content (AvgIpc) is 2.75. The molecule has 11 heteroatoms. The average molecular weight is 526 g/mol. The molecule has 0 unspecified atom stereocenters. The van der Waals surface area contributed by atoms with E-state index in [1.807, 2.05) is 0 Å². The summed E-state index contributed by atoms with van der Waals surface area (Å²) in [5, 5.41) is 5.86. The number of pyridine rings is 1. The van der Waals surface area contributed by atoms with Crippen LogP contribution >= 0.6 is 27.5 Å². The number of rotatable bonds is 5. The number of halogens is 5. The van der Waals surface area contributed by atoms with Gasteiger partial charge in [-0.25, -0.2) is 5.43 Å². The first-order valence-corrected chi connectivity index (χ1v) is 10.0. The summed E-state index contributed by atoms with van der Waals surface area (Å²) in [4.78, 5) is 28.9. The van der Waals surface area contributed by atoms with Crippen LogP contribution in [0.25, 0.3) is 0 Å². The number of alkyl halides is 3. The Bertz CT molecular complexity index is 1190. The molecule has 1 aromatic heterocycles. The van der Waals surface area contributed by atoms with Gasteiger partial charge in [0.05, 0.1) is 28.1 Å². The molecule has 0 spiro atoms. The fraction of sp³-hybridized carbons (Fsp3) is 0.0476. The molecular weight excluding hydrogens is 513 g/mol. The zero-order valence-corrected chi connectivity index (χ0v) is 18.3. The van der Waals surface area contributed by atoms with Crippen molar-refractivity contribution < 1.29 is 22.8 Å². The van der Waals surface area contributed by atoms with Crippen LogP contribution in [0.2, 0.25) is 5.02 Å². The molecule has 0 radical (unpaired) electrons. The lowest BCUT2D eigenvalue weighted by molar-refractivity contribution is -0.137. The van der Waals surface area contributed by atoms with Gasteiger partial charge in [0.1, 0.15) is 5.69 Å². The first-order valence-electron chi connectivity index (χ1n) is 8.87. The smallest absolute Gasteiger partial charge is 0.320 e. The number of hydrazone groups is 1. The van der Waals surface area contributed by atoms with Crippen LogP contribution < -0.4 is 10.7 Å². The number of amides is 2. The number of hydrogen-bond donors (Lipinski definition) is 2. The van der Waals surface area contributed by atoms with E-state index in [0.29, 0.717) is 4.47 Å². The van der Waals surface area contributed by atoms with Gasteiger partial charge < -0.3 is 5.32 Å². The van der Waals surface area contributed by atoms with Crippen LogP contribution in [0.5, 0.6) is 0 Å². The van der Waals surface area contributed by atoms with Gasteiger partial charge in [0, 0.05) is 10.7 Å². The Labute approximate surface area is 193 Å².